The molecule has 18 heavy (non-hydrogen) atoms. The Hall–Kier alpha value is -1.42. The zero-order valence-corrected chi connectivity index (χ0v) is 11.3. The Morgan fingerprint density at radius 3 is 2.67 bits per heavy atom. The van der Waals surface area contributed by atoms with E-state index in [9.17, 15) is 4.79 Å². The van der Waals surface area contributed by atoms with Crippen molar-refractivity contribution < 1.29 is 9.53 Å². The summed E-state index contributed by atoms with van der Waals surface area (Å²) in [5.41, 5.74) is 6.41. The molecule has 3 N–H and O–H groups in total. The van der Waals surface area contributed by atoms with E-state index in [1.165, 1.54) is 7.11 Å². The van der Waals surface area contributed by atoms with Crippen molar-refractivity contribution in [3.05, 3.63) is 22.7 Å². The molecule has 1 saturated carbocycles. The lowest BCUT2D eigenvalue weighted by molar-refractivity contribution is 0.0847. The van der Waals surface area contributed by atoms with Crippen molar-refractivity contribution in [2.45, 2.75) is 31.7 Å². The van der Waals surface area contributed by atoms with Gasteiger partial charge >= 0.3 is 0 Å². The molecule has 1 aliphatic carbocycles. The van der Waals surface area contributed by atoms with Crippen LogP contribution in [0.15, 0.2) is 12.1 Å². The smallest absolute Gasteiger partial charge is 0.255 e. The first-order valence-electron chi connectivity index (χ1n) is 5.91. The molecule has 4 nitrogen and oxygen atoms in total. The van der Waals surface area contributed by atoms with Crippen molar-refractivity contribution in [2.75, 3.05) is 12.8 Å². The monoisotopic (exact) mass is 268 g/mol. The van der Waals surface area contributed by atoms with Gasteiger partial charge in [-0.15, -0.1) is 0 Å². The fraction of sp³-hybridized carbons (Fsp3) is 0.462. The zero-order chi connectivity index (χ0) is 13.3. The number of nitrogens with one attached hydrogen (secondary N) is 1. The molecule has 1 aliphatic rings. The van der Waals surface area contributed by atoms with Crippen LogP contribution in [0.3, 0.4) is 0 Å². The van der Waals surface area contributed by atoms with Crippen LogP contribution in [0.25, 0.3) is 0 Å². The number of rotatable bonds is 3. The van der Waals surface area contributed by atoms with Gasteiger partial charge in [-0.1, -0.05) is 11.6 Å². The molecule has 0 radical (unpaired) electrons. The summed E-state index contributed by atoms with van der Waals surface area (Å²) in [6.45, 7) is 2.04. The molecule has 0 aliphatic heterocycles. The van der Waals surface area contributed by atoms with Crippen molar-refractivity contribution in [3.63, 3.8) is 0 Å². The highest BCUT2D eigenvalue weighted by molar-refractivity contribution is 6.33. The maximum Gasteiger partial charge on any atom is 0.255 e. The summed E-state index contributed by atoms with van der Waals surface area (Å²) in [4.78, 5) is 12.2. The van der Waals surface area contributed by atoms with Crippen LogP contribution in [0.2, 0.25) is 5.02 Å². The Morgan fingerprint density at radius 2 is 2.17 bits per heavy atom. The van der Waals surface area contributed by atoms with Gasteiger partial charge in [0.1, 0.15) is 5.75 Å². The van der Waals surface area contributed by atoms with E-state index in [2.05, 4.69) is 5.32 Å². The lowest BCUT2D eigenvalue weighted by Crippen LogP contribution is -2.51. The Kier molecular flexibility index (Phi) is 3.39. The van der Waals surface area contributed by atoms with Crippen LogP contribution in [0, 0.1) is 0 Å². The number of ether oxygens (including phenoxy) is 1. The Bertz CT molecular complexity index is 484. The Balaban J connectivity index is 2.26. The first-order valence-corrected chi connectivity index (χ1v) is 6.28. The van der Waals surface area contributed by atoms with Gasteiger partial charge in [0, 0.05) is 11.6 Å². The van der Waals surface area contributed by atoms with Gasteiger partial charge < -0.3 is 15.8 Å². The summed E-state index contributed by atoms with van der Waals surface area (Å²) in [6.07, 6.45) is 3.16. The van der Waals surface area contributed by atoms with E-state index in [1.54, 1.807) is 12.1 Å². The SMILES string of the molecule is COc1cc(N)c(Cl)cc1C(=O)NC1(C)CCC1. The molecule has 1 fully saturated rings. The largest absolute Gasteiger partial charge is 0.496 e. The number of hydrogen-bond donors (Lipinski definition) is 2. The highest BCUT2D eigenvalue weighted by Gasteiger charge is 2.34. The minimum absolute atomic E-state index is 0.101. The molecule has 0 heterocycles. The molecular formula is C13H17ClN2O2. The van der Waals surface area contributed by atoms with Crippen molar-refractivity contribution in [2.24, 2.45) is 0 Å². The lowest BCUT2D eigenvalue weighted by Gasteiger charge is -2.39. The number of benzene rings is 1. The number of amides is 1. The van der Waals surface area contributed by atoms with Gasteiger partial charge in [-0.25, -0.2) is 0 Å². The van der Waals surface area contributed by atoms with Crippen LogP contribution in [0.4, 0.5) is 5.69 Å². The van der Waals surface area contributed by atoms with Crippen molar-refractivity contribution in [1.82, 2.24) is 5.32 Å². The van der Waals surface area contributed by atoms with Crippen molar-refractivity contribution in [1.29, 1.82) is 0 Å². The summed E-state index contributed by atoms with van der Waals surface area (Å²) in [5, 5.41) is 3.37. The molecule has 0 bridgehead atoms. The lowest BCUT2D eigenvalue weighted by atomic mass is 9.78. The molecule has 2 rings (SSSR count). The number of methoxy groups -OCH3 is 1. The third kappa shape index (κ3) is 2.38. The first-order chi connectivity index (χ1) is 8.45. The normalized spacial score (nSPS) is 16.8. The summed E-state index contributed by atoms with van der Waals surface area (Å²) < 4.78 is 5.17. The second-order valence-corrected chi connectivity index (χ2v) is 5.35. The van der Waals surface area contributed by atoms with Crippen molar-refractivity contribution in [3.8, 4) is 5.75 Å². The molecule has 1 aromatic rings. The molecule has 1 amide bonds. The van der Waals surface area contributed by atoms with Crippen molar-refractivity contribution >= 4 is 23.2 Å². The summed E-state index contributed by atoms with van der Waals surface area (Å²) in [5.74, 6) is 0.272. The number of carbonyl (C=O) groups is 1. The quantitative estimate of drug-likeness (QED) is 0.828. The molecule has 0 saturated heterocycles. The number of carbonyl (C=O) groups excluding carboxylic acids is 1. The standard InChI is InChI=1S/C13H17ClN2O2/c1-13(4-3-5-13)16-12(17)8-6-9(14)10(15)7-11(8)18-2/h6-7H,3-5,15H2,1-2H3,(H,16,17). The molecule has 5 heteroatoms. The van der Waals surface area contributed by atoms with E-state index < -0.39 is 0 Å². The highest BCUT2D eigenvalue weighted by atomic mass is 35.5. The fourth-order valence-corrected chi connectivity index (χ4v) is 2.25. The van der Waals surface area contributed by atoms with E-state index in [4.69, 9.17) is 22.1 Å². The molecular weight excluding hydrogens is 252 g/mol. The van der Waals surface area contributed by atoms with Crippen LogP contribution in [-0.2, 0) is 0 Å². The molecule has 0 aromatic heterocycles. The van der Waals surface area contributed by atoms with Gasteiger partial charge in [-0.05, 0) is 32.3 Å². The molecule has 1 aromatic carbocycles. The van der Waals surface area contributed by atoms with Gasteiger partial charge in [0.2, 0.25) is 0 Å². The summed E-state index contributed by atoms with van der Waals surface area (Å²) in [6, 6.07) is 3.12. The van der Waals surface area contributed by atoms with E-state index in [0.29, 0.717) is 22.0 Å². The number of anilines is 1. The third-order valence-corrected chi connectivity index (χ3v) is 3.76. The van der Waals surface area contributed by atoms with Gasteiger partial charge in [0.05, 0.1) is 23.4 Å². The van der Waals surface area contributed by atoms with Gasteiger partial charge in [0.15, 0.2) is 0 Å². The fourth-order valence-electron chi connectivity index (χ4n) is 2.09. The van der Waals surface area contributed by atoms with Crippen LogP contribution in [0.1, 0.15) is 36.5 Å². The van der Waals surface area contributed by atoms with Crippen LogP contribution >= 0.6 is 11.6 Å². The summed E-state index contributed by atoms with van der Waals surface area (Å²) in [7, 11) is 1.50. The number of nitrogen functional groups attached to an aromatic ring is 1. The molecule has 0 unspecified atom stereocenters. The Labute approximate surface area is 111 Å². The molecule has 98 valence electrons. The van der Waals surface area contributed by atoms with Gasteiger partial charge in [-0.3, -0.25) is 4.79 Å². The van der Waals surface area contributed by atoms with E-state index >= 15 is 0 Å². The maximum absolute atomic E-state index is 12.2. The topological polar surface area (TPSA) is 64.3 Å². The highest BCUT2D eigenvalue weighted by Crippen LogP contribution is 2.33. The average molecular weight is 269 g/mol. The number of nitrogens with two attached hydrogens (primary N) is 1. The van der Waals surface area contributed by atoms with E-state index in [0.717, 1.165) is 19.3 Å². The van der Waals surface area contributed by atoms with Gasteiger partial charge in [0.25, 0.3) is 5.91 Å². The molecule has 0 atom stereocenters. The molecule has 0 spiro atoms. The first kappa shape index (κ1) is 13.0. The Morgan fingerprint density at radius 1 is 1.50 bits per heavy atom. The van der Waals surface area contributed by atoms with E-state index in [-0.39, 0.29) is 11.4 Å². The average Bonchev–Trinajstić information content (AvgIpc) is 2.29. The predicted molar refractivity (Wildman–Crippen MR) is 72.1 cm³/mol. The number of hydrogen-bond acceptors (Lipinski definition) is 3. The van der Waals surface area contributed by atoms with Crippen LogP contribution in [0.5, 0.6) is 5.75 Å². The van der Waals surface area contributed by atoms with Crippen LogP contribution < -0.4 is 15.8 Å². The zero-order valence-electron chi connectivity index (χ0n) is 10.5. The third-order valence-electron chi connectivity index (χ3n) is 3.44. The minimum atomic E-state index is -0.170. The maximum atomic E-state index is 12.2. The second-order valence-electron chi connectivity index (χ2n) is 4.94. The number of halogens is 1. The second kappa shape index (κ2) is 4.69. The minimum Gasteiger partial charge on any atom is -0.496 e. The van der Waals surface area contributed by atoms with Gasteiger partial charge in [-0.2, -0.15) is 0 Å². The predicted octanol–water partition coefficient (Wildman–Crippen LogP) is 2.60. The van der Waals surface area contributed by atoms with E-state index in [1.807, 2.05) is 6.92 Å². The summed E-state index contributed by atoms with van der Waals surface area (Å²) >= 11 is 5.95. The van der Waals surface area contributed by atoms with Crippen LogP contribution in [-0.4, -0.2) is 18.6 Å².